The maximum atomic E-state index is 13.2. The summed E-state index contributed by atoms with van der Waals surface area (Å²) in [4.78, 5) is 28.8. The molecule has 1 amide bonds. The average molecular weight is 399 g/mol. The number of methoxy groups -OCH3 is 1. The van der Waals surface area contributed by atoms with Crippen molar-refractivity contribution in [2.24, 2.45) is 5.92 Å². The van der Waals surface area contributed by atoms with Crippen LogP contribution in [0.25, 0.3) is 11.1 Å². The zero-order valence-corrected chi connectivity index (χ0v) is 17.2. The molecule has 148 valence electrons. The van der Waals surface area contributed by atoms with Gasteiger partial charge < -0.3 is 14.2 Å². The summed E-state index contributed by atoms with van der Waals surface area (Å²) in [5.74, 6) is 0.724. The van der Waals surface area contributed by atoms with E-state index in [1.54, 1.807) is 18.9 Å². The van der Waals surface area contributed by atoms with Gasteiger partial charge in [-0.3, -0.25) is 9.59 Å². The summed E-state index contributed by atoms with van der Waals surface area (Å²) < 4.78 is 7.00. The molecule has 1 fully saturated rings. The quantitative estimate of drug-likeness (QED) is 0.726. The molecule has 0 aliphatic carbocycles. The van der Waals surface area contributed by atoms with Gasteiger partial charge in [0.15, 0.2) is 0 Å². The number of nitrogens with zero attached hydrogens (tertiary/aromatic N) is 2. The summed E-state index contributed by atoms with van der Waals surface area (Å²) in [5.41, 5.74) is 2.87. The Labute approximate surface area is 169 Å². The summed E-state index contributed by atoms with van der Waals surface area (Å²) in [6.45, 7) is 2.58. The average Bonchev–Trinajstić information content (AvgIpc) is 2.73. The van der Waals surface area contributed by atoms with Gasteiger partial charge in [-0.15, -0.1) is 11.8 Å². The molecule has 0 spiro atoms. The highest BCUT2D eigenvalue weighted by atomic mass is 32.2. The van der Waals surface area contributed by atoms with Crippen molar-refractivity contribution in [3.8, 4) is 11.1 Å². The van der Waals surface area contributed by atoms with Crippen LogP contribution in [0.15, 0.2) is 46.1 Å². The Balaban J connectivity index is 1.61. The summed E-state index contributed by atoms with van der Waals surface area (Å²) >= 11 is 1.69. The van der Waals surface area contributed by atoms with Crippen LogP contribution in [0.1, 0.15) is 24.5 Å². The van der Waals surface area contributed by atoms with Gasteiger partial charge in [0.05, 0.1) is 13.0 Å². The number of carbonyl (C=O) groups is 1. The minimum atomic E-state index is 0.0864. The van der Waals surface area contributed by atoms with E-state index < -0.39 is 0 Å². The number of carbonyl (C=O) groups excluding carboxylic acids is 1. The molecule has 1 aromatic heterocycles. The number of ether oxygens (including phenoxy) is 1. The van der Waals surface area contributed by atoms with Crippen molar-refractivity contribution in [2.75, 3.05) is 33.1 Å². The predicted molar refractivity (Wildman–Crippen MR) is 112 cm³/mol. The van der Waals surface area contributed by atoms with Crippen molar-refractivity contribution in [2.45, 2.75) is 30.2 Å². The maximum absolute atomic E-state index is 13.2. The molecule has 3 heterocycles. The van der Waals surface area contributed by atoms with Gasteiger partial charge in [0, 0.05) is 48.8 Å². The molecule has 0 N–H and O–H groups in total. The Kier molecular flexibility index (Phi) is 5.60. The van der Waals surface area contributed by atoms with Crippen LogP contribution in [0.4, 0.5) is 0 Å². The fourth-order valence-corrected chi connectivity index (χ4v) is 4.90. The molecule has 28 heavy (non-hydrogen) atoms. The first-order chi connectivity index (χ1) is 13.6. The van der Waals surface area contributed by atoms with Gasteiger partial charge in [-0.05, 0) is 48.4 Å². The van der Waals surface area contributed by atoms with Crippen LogP contribution >= 0.6 is 11.8 Å². The topological polar surface area (TPSA) is 51.5 Å². The molecule has 2 aromatic rings. The van der Waals surface area contributed by atoms with Gasteiger partial charge in [0.25, 0.3) is 5.56 Å². The predicted octanol–water partition coefficient (Wildman–Crippen LogP) is 3.22. The molecule has 0 saturated carbocycles. The number of rotatable bonds is 5. The summed E-state index contributed by atoms with van der Waals surface area (Å²) in [6.07, 6.45) is 3.52. The van der Waals surface area contributed by atoms with Crippen LogP contribution in [-0.4, -0.2) is 48.4 Å². The molecule has 2 atom stereocenters. The zero-order valence-electron chi connectivity index (χ0n) is 16.4. The largest absolute Gasteiger partial charge is 0.384 e. The molecular weight excluding hydrogens is 372 g/mol. The Bertz CT molecular complexity index is 922. The smallest absolute Gasteiger partial charge is 0.258 e. The van der Waals surface area contributed by atoms with Crippen LogP contribution in [0.2, 0.25) is 0 Å². The van der Waals surface area contributed by atoms with E-state index >= 15 is 0 Å². The number of amides is 1. The lowest BCUT2D eigenvalue weighted by atomic mass is 9.82. The third-order valence-corrected chi connectivity index (χ3v) is 6.62. The molecule has 0 radical (unpaired) electrons. The van der Waals surface area contributed by atoms with E-state index in [4.69, 9.17) is 4.74 Å². The normalized spacial score (nSPS) is 20.7. The highest BCUT2D eigenvalue weighted by molar-refractivity contribution is 7.98. The number of hydrogen-bond acceptors (Lipinski definition) is 4. The standard InChI is InChI=1S/C22H26N2O3S/c1-27-10-9-21(25)23-12-15-11-17(14-23)20-8-7-19(22(26)24(20)13-15)16-3-5-18(28-2)6-4-16/h3-8,15,17H,9-14H2,1-2H3/t15-,17+/m0/s1. The highest BCUT2D eigenvalue weighted by Crippen LogP contribution is 2.36. The molecule has 5 nitrogen and oxygen atoms in total. The number of hydrogen-bond donors (Lipinski definition) is 0. The SMILES string of the molecule is COCCC(=O)N1C[C@@H]2C[C@H](C1)c1ccc(-c3ccc(SC)cc3)c(=O)n1C2. The van der Waals surface area contributed by atoms with Gasteiger partial charge >= 0.3 is 0 Å². The summed E-state index contributed by atoms with van der Waals surface area (Å²) in [7, 11) is 1.62. The Hall–Kier alpha value is -2.05. The first kappa shape index (κ1) is 19.3. The number of likely N-dealkylation sites (tertiary alicyclic amines) is 1. The number of thioether (sulfide) groups is 1. The second kappa shape index (κ2) is 8.13. The number of benzene rings is 1. The van der Waals surface area contributed by atoms with E-state index in [2.05, 4.69) is 18.2 Å². The Morgan fingerprint density at radius 2 is 1.93 bits per heavy atom. The zero-order chi connectivity index (χ0) is 19.7. The van der Waals surface area contributed by atoms with Crippen LogP contribution in [0, 0.1) is 5.92 Å². The van der Waals surface area contributed by atoms with Crippen molar-refractivity contribution < 1.29 is 9.53 Å². The third-order valence-electron chi connectivity index (χ3n) is 5.88. The summed E-state index contributed by atoms with van der Waals surface area (Å²) in [5, 5.41) is 0. The number of aromatic nitrogens is 1. The minimum Gasteiger partial charge on any atom is -0.384 e. The molecule has 1 saturated heterocycles. The molecule has 2 aliphatic heterocycles. The first-order valence-electron chi connectivity index (χ1n) is 9.75. The minimum absolute atomic E-state index is 0.0864. The Morgan fingerprint density at radius 1 is 1.14 bits per heavy atom. The van der Waals surface area contributed by atoms with E-state index in [9.17, 15) is 9.59 Å². The third kappa shape index (κ3) is 3.63. The van der Waals surface area contributed by atoms with Crippen molar-refractivity contribution in [3.05, 3.63) is 52.4 Å². The van der Waals surface area contributed by atoms with Crippen molar-refractivity contribution in [3.63, 3.8) is 0 Å². The number of piperidine rings is 1. The molecule has 4 rings (SSSR count). The lowest BCUT2D eigenvalue weighted by Crippen LogP contribution is -2.49. The molecule has 2 aliphatic rings. The second-order valence-corrected chi connectivity index (χ2v) is 8.54. The van der Waals surface area contributed by atoms with Crippen LogP contribution in [-0.2, 0) is 16.1 Å². The number of fused-ring (bicyclic) bond motifs is 4. The van der Waals surface area contributed by atoms with Gasteiger partial charge in [0.1, 0.15) is 0 Å². The van der Waals surface area contributed by atoms with E-state index in [-0.39, 0.29) is 17.4 Å². The molecule has 2 bridgehead atoms. The van der Waals surface area contributed by atoms with Crippen LogP contribution in [0.5, 0.6) is 0 Å². The van der Waals surface area contributed by atoms with Gasteiger partial charge in [-0.2, -0.15) is 0 Å². The number of pyridine rings is 1. The van der Waals surface area contributed by atoms with E-state index in [1.165, 1.54) is 4.90 Å². The lowest BCUT2D eigenvalue weighted by molar-refractivity contribution is -0.134. The molecular formula is C22H26N2O3S. The molecule has 1 aromatic carbocycles. The van der Waals surface area contributed by atoms with Gasteiger partial charge in [0.2, 0.25) is 5.91 Å². The second-order valence-electron chi connectivity index (χ2n) is 7.66. The Morgan fingerprint density at radius 3 is 2.64 bits per heavy atom. The van der Waals surface area contributed by atoms with Crippen LogP contribution < -0.4 is 5.56 Å². The monoisotopic (exact) mass is 398 g/mol. The molecule has 0 unspecified atom stereocenters. The van der Waals surface area contributed by atoms with Crippen LogP contribution in [0.3, 0.4) is 0 Å². The van der Waals surface area contributed by atoms with Crippen molar-refractivity contribution in [1.82, 2.24) is 9.47 Å². The fraction of sp³-hybridized carbons (Fsp3) is 0.455. The molecule has 6 heteroatoms. The summed E-state index contributed by atoms with van der Waals surface area (Å²) in [6, 6.07) is 12.2. The van der Waals surface area contributed by atoms with Gasteiger partial charge in [-0.25, -0.2) is 0 Å². The fourth-order valence-electron chi connectivity index (χ4n) is 4.49. The van der Waals surface area contributed by atoms with Gasteiger partial charge in [-0.1, -0.05) is 12.1 Å². The van der Waals surface area contributed by atoms with Crippen molar-refractivity contribution >= 4 is 17.7 Å². The van der Waals surface area contributed by atoms with E-state index in [0.29, 0.717) is 32.0 Å². The lowest BCUT2D eigenvalue weighted by Gasteiger charge is -2.43. The maximum Gasteiger partial charge on any atom is 0.258 e. The van der Waals surface area contributed by atoms with E-state index in [1.807, 2.05) is 33.9 Å². The first-order valence-corrected chi connectivity index (χ1v) is 11.0. The highest BCUT2D eigenvalue weighted by Gasteiger charge is 2.36. The van der Waals surface area contributed by atoms with Crippen molar-refractivity contribution in [1.29, 1.82) is 0 Å². The van der Waals surface area contributed by atoms with E-state index in [0.717, 1.165) is 29.8 Å².